The Labute approximate surface area is 141 Å². The first-order chi connectivity index (χ1) is 11.6. The fourth-order valence-corrected chi connectivity index (χ4v) is 3.08. The van der Waals surface area contributed by atoms with Crippen molar-refractivity contribution in [2.45, 2.75) is 39.2 Å². The van der Waals surface area contributed by atoms with E-state index in [0.29, 0.717) is 31.3 Å². The quantitative estimate of drug-likeness (QED) is 0.912. The van der Waals surface area contributed by atoms with Gasteiger partial charge in [-0.25, -0.2) is 0 Å². The van der Waals surface area contributed by atoms with Crippen LogP contribution >= 0.6 is 0 Å². The van der Waals surface area contributed by atoms with Gasteiger partial charge in [0, 0.05) is 13.2 Å². The maximum absolute atomic E-state index is 12.6. The van der Waals surface area contributed by atoms with E-state index in [1.54, 1.807) is 6.92 Å². The van der Waals surface area contributed by atoms with E-state index in [2.05, 4.69) is 15.5 Å². The third kappa shape index (κ3) is 4.00. The summed E-state index contributed by atoms with van der Waals surface area (Å²) in [5.41, 5.74) is 2.14. The molecular formula is C18H23N3O3. The van der Waals surface area contributed by atoms with E-state index in [-0.39, 0.29) is 17.9 Å². The van der Waals surface area contributed by atoms with Crippen molar-refractivity contribution in [3.8, 4) is 0 Å². The maximum atomic E-state index is 12.6. The molecule has 128 valence electrons. The van der Waals surface area contributed by atoms with Crippen molar-refractivity contribution in [3.63, 3.8) is 0 Å². The summed E-state index contributed by atoms with van der Waals surface area (Å²) < 4.78 is 10.8. The summed E-state index contributed by atoms with van der Waals surface area (Å²) in [4.78, 5) is 16.9. The van der Waals surface area contributed by atoms with E-state index >= 15 is 0 Å². The molecule has 1 unspecified atom stereocenters. The van der Waals surface area contributed by atoms with Gasteiger partial charge in [-0.1, -0.05) is 29.4 Å². The fraction of sp³-hybridized carbons (Fsp3) is 0.500. The van der Waals surface area contributed by atoms with Crippen LogP contribution in [0.5, 0.6) is 0 Å². The van der Waals surface area contributed by atoms with Gasteiger partial charge in [0.05, 0.1) is 6.42 Å². The summed E-state index contributed by atoms with van der Waals surface area (Å²) in [5, 5.41) is 6.97. The molecule has 3 rings (SSSR count). The Morgan fingerprint density at radius 2 is 2.04 bits per heavy atom. The van der Waals surface area contributed by atoms with Crippen molar-refractivity contribution in [1.82, 2.24) is 15.5 Å². The number of nitrogens with zero attached hydrogens (tertiary/aromatic N) is 2. The first kappa shape index (κ1) is 16.6. The second-order valence-electron chi connectivity index (χ2n) is 6.28. The van der Waals surface area contributed by atoms with Crippen LogP contribution < -0.4 is 5.32 Å². The molecule has 1 saturated heterocycles. The zero-order valence-electron chi connectivity index (χ0n) is 14.1. The van der Waals surface area contributed by atoms with Crippen LogP contribution in [-0.4, -0.2) is 29.3 Å². The summed E-state index contributed by atoms with van der Waals surface area (Å²) in [6.45, 7) is 5.19. The Hall–Kier alpha value is -2.21. The predicted molar refractivity (Wildman–Crippen MR) is 88.3 cm³/mol. The van der Waals surface area contributed by atoms with Crippen LogP contribution in [0, 0.1) is 19.8 Å². The summed E-state index contributed by atoms with van der Waals surface area (Å²) in [5.74, 6) is 1.28. The predicted octanol–water partition coefficient (Wildman–Crippen LogP) is 2.51. The lowest BCUT2D eigenvalue weighted by Crippen LogP contribution is -2.37. The number of nitrogens with one attached hydrogen (secondary N) is 1. The number of aryl methyl sites for hydroxylation is 2. The zero-order chi connectivity index (χ0) is 16.9. The molecule has 0 aliphatic carbocycles. The molecule has 2 heterocycles. The number of aromatic nitrogens is 2. The summed E-state index contributed by atoms with van der Waals surface area (Å²) in [6, 6.07) is 7.66. The lowest BCUT2D eigenvalue weighted by atomic mass is 9.91. The molecule has 0 saturated carbocycles. The first-order valence-corrected chi connectivity index (χ1v) is 8.35. The number of rotatable bonds is 5. The van der Waals surface area contributed by atoms with Gasteiger partial charge in [-0.2, -0.15) is 4.98 Å². The molecule has 0 spiro atoms. The van der Waals surface area contributed by atoms with Crippen molar-refractivity contribution in [2.75, 3.05) is 13.2 Å². The second-order valence-corrected chi connectivity index (χ2v) is 6.28. The van der Waals surface area contributed by atoms with E-state index < -0.39 is 0 Å². The van der Waals surface area contributed by atoms with Crippen molar-refractivity contribution in [1.29, 1.82) is 0 Å². The molecule has 24 heavy (non-hydrogen) atoms. The van der Waals surface area contributed by atoms with Crippen molar-refractivity contribution in [3.05, 3.63) is 47.1 Å². The number of benzene rings is 1. The normalized spacial score (nSPS) is 16.8. The highest BCUT2D eigenvalue weighted by atomic mass is 16.5. The number of carbonyl (C=O) groups excluding carboxylic acids is 1. The molecule has 1 aliphatic heterocycles. The highest BCUT2D eigenvalue weighted by Gasteiger charge is 2.31. The Balaban J connectivity index is 1.73. The van der Waals surface area contributed by atoms with Gasteiger partial charge in [0.25, 0.3) is 0 Å². The van der Waals surface area contributed by atoms with Crippen LogP contribution in [0.15, 0.2) is 28.8 Å². The van der Waals surface area contributed by atoms with Crippen LogP contribution in [0.25, 0.3) is 0 Å². The summed E-state index contributed by atoms with van der Waals surface area (Å²) in [7, 11) is 0. The molecule has 2 aromatic rings. The third-order valence-corrected chi connectivity index (χ3v) is 4.48. The van der Waals surface area contributed by atoms with Gasteiger partial charge < -0.3 is 14.6 Å². The average molecular weight is 329 g/mol. The van der Waals surface area contributed by atoms with E-state index in [0.717, 1.165) is 24.0 Å². The van der Waals surface area contributed by atoms with Gasteiger partial charge in [0.2, 0.25) is 11.8 Å². The summed E-state index contributed by atoms with van der Waals surface area (Å²) in [6.07, 6.45) is 2.09. The summed E-state index contributed by atoms with van der Waals surface area (Å²) >= 11 is 0. The largest absolute Gasteiger partial charge is 0.381 e. The van der Waals surface area contributed by atoms with Gasteiger partial charge in [0.1, 0.15) is 6.04 Å². The number of amides is 1. The van der Waals surface area contributed by atoms with Crippen molar-refractivity contribution < 1.29 is 14.1 Å². The lowest BCUT2D eigenvalue weighted by molar-refractivity contribution is -0.122. The highest BCUT2D eigenvalue weighted by Crippen LogP contribution is 2.29. The van der Waals surface area contributed by atoms with Gasteiger partial charge in [0.15, 0.2) is 5.82 Å². The molecule has 1 fully saturated rings. The smallest absolute Gasteiger partial charge is 0.249 e. The number of ether oxygens (including phenoxy) is 1. The van der Waals surface area contributed by atoms with Gasteiger partial charge in [-0.15, -0.1) is 0 Å². The molecule has 1 aromatic carbocycles. The maximum Gasteiger partial charge on any atom is 0.249 e. The van der Waals surface area contributed by atoms with Crippen molar-refractivity contribution >= 4 is 5.91 Å². The van der Waals surface area contributed by atoms with E-state index in [1.165, 1.54) is 0 Å². The van der Waals surface area contributed by atoms with E-state index in [1.807, 2.05) is 31.2 Å². The van der Waals surface area contributed by atoms with Crippen LogP contribution in [0.1, 0.15) is 41.7 Å². The lowest BCUT2D eigenvalue weighted by Gasteiger charge is -2.28. The van der Waals surface area contributed by atoms with Crippen LogP contribution in [0.2, 0.25) is 0 Å². The molecule has 1 aliphatic rings. The van der Waals surface area contributed by atoms with Gasteiger partial charge in [-0.3, -0.25) is 4.79 Å². The molecule has 6 nitrogen and oxygen atoms in total. The number of hydrogen-bond donors (Lipinski definition) is 1. The third-order valence-electron chi connectivity index (χ3n) is 4.48. The fourth-order valence-electron chi connectivity index (χ4n) is 3.08. The van der Waals surface area contributed by atoms with Crippen LogP contribution in [0.4, 0.5) is 0 Å². The topological polar surface area (TPSA) is 77.2 Å². The average Bonchev–Trinajstić information content (AvgIpc) is 3.02. The second kappa shape index (κ2) is 7.57. The highest BCUT2D eigenvalue weighted by molar-refractivity contribution is 5.79. The van der Waals surface area contributed by atoms with Gasteiger partial charge in [-0.05, 0) is 43.7 Å². The minimum absolute atomic E-state index is 0.0309. The Morgan fingerprint density at radius 1 is 1.29 bits per heavy atom. The number of hydrogen-bond acceptors (Lipinski definition) is 5. The Kier molecular flexibility index (Phi) is 5.25. The van der Waals surface area contributed by atoms with E-state index in [4.69, 9.17) is 9.26 Å². The van der Waals surface area contributed by atoms with Crippen LogP contribution in [0.3, 0.4) is 0 Å². The SMILES string of the molecule is Cc1noc(C(NC(=O)Cc2ccccc2C)C2CCOCC2)n1. The minimum Gasteiger partial charge on any atom is -0.381 e. The van der Waals surface area contributed by atoms with Crippen LogP contribution in [-0.2, 0) is 16.0 Å². The number of carbonyl (C=O) groups is 1. The van der Waals surface area contributed by atoms with E-state index in [9.17, 15) is 4.79 Å². The molecule has 1 amide bonds. The molecule has 0 bridgehead atoms. The molecular weight excluding hydrogens is 306 g/mol. The Bertz CT molecular complexity index is 692. The zero-order valence-corrected chi connectivity index (χ0v) is 14.1. The molecule has 0 radical (unpaired) electrons. The first-order valence-electron chi connectivity index (χ1n) is 8.35. The molecule has 6 heteroatoms. The molecule has 1 aromatic heterocycles. The monoisotopic (exact) mass is 329 g/mol. The standard InChI is InChI=1S/C18H23N3O3/c1-12-5-3-4-6-15(12)11-16(22)20-17(14-7-9-23-10-8-14)18-19-13(2)21-24-18/h3-6,14,17H,7-11H2,1-2H3,(H,20,22). The molecule has 1 atom stereocenters. The van der Waals surface area contributed by atoms with Gasteiger partial charge >= 0.3 is 0 Å². The van der Waals surface area contributed by atoms with Crippen molar-refractivity contribution in [2.24, 2.45) is 5.92 Å². The Morgan fingerprint density at radius 3 is 2.71 bits per heavy atom. The molecule has 1 N–H and O–H groups in total. The minimum atomic E-state index is -0.258.